The van der Waals surface area contributed by atoms with Crippen LogP contribution in [0, 0.1) is 5.13 Å². The van der Waals surface area contributed by atoms with E-state index in [1.54, 1.807) is 18.0 Å². The van der Waals surface area contributed by atoms with Crippen molar-refractivity contribution in [1.29, 1.82) is 0 Å². The monoisotopic (exact) mass is 294 g/mol. The molecule has 3 nitrogen and oxygen atoms in total. The molecule has 0 unspecified atom stereocenters. The molecule has 0 aliphatic carbocycles. The molecule has 0 bridgehead atoms. The molecule has 0 fully saturated rings. The molecular formula is C13H11FN2OS2. The highest BCUT2D eigenvalue weighted by Crippen LogP contribution is 2.14. The maximum atomic E-state index is 12.7. The van der Waals surface area contributed by atoms with Gasteiger partial charge in [-0.3, -0.25) is 4.79 Å². The standard InChI is InChI=1S/C13H11FN2OS2/c1-18-10-4-2-9(3-5-10)8-15-16-13(17)11-6-7-12(14)19-11/h2-8H,1H3,(H,16,17). The van der Waals surface area contributed by atoms with Crippen molar-refractivity contribution in [2.45, 2.75) is 4.90 Å². The number of hydrazone groups is 1. The first-order valence-electron chi connectivity index (χ1n) is 5.42. The Balaban J connectivity index is 1.94. The topological polar surface area (TPSA) is 41.5 Å². The lowest BCUT2D eigenvalue weighted by Gasteiger charge is -1.97. The number of hydrogen-bond acceptors (Lipinski definition) is 4. The van der Waals surface area contributed by atoms with E-state index in [1.165, 1.54) is 12.1 Å². The quantitative estimate of drug-likeness (QED) is 0.533. The Labute approximate surface area is 118 Å². The highest BCUT2D eigenvalue weighted by molar-refractivity contribution is 7.98. The Morgan fingerprint density at radius 2 is 2.05 bits per heavy atom. The van der Waals surface area contributed by atoms with E-state index in [1.807, 2.05) is 30.5 Å². The third-order valence-corrected chi connectivity index (χ3v) is 3.91. The van der Waals surface area contributed by atoms with Gasteiger partial charge in [-0.05, 0) is 36.1 Å². The molecule has 2 aromatic rings. The molecule has 0 atom stereocenters. The van der Waals surface area contributed by atoms with Crippen LogP contribution in [0.25, 0.3) is 0 Å². The molecule has 0 aliphatic heterocycles. The zero-order valence-corrected chi connectivity index (χ0v) is 11.7. The molecule has 1 amide bonds. The predicted octanol–water partition coefficient (Wildman–Crippen LogP) is 3.37. The number of hydrogen-bond donors (Lipinski definition) is 1. The van der Waals surface area contributed by atoms with Crippen LogP contribution in [0.3, 0.4) is 0 Å². The molecule has 1 aromatic carbocycles. The van der Waals surface area contributed by atoms with Gasteiger partial charge in [-0.1, -0.05) is 12.1 Å². The minimum absolute atomic E-state index is 0.299. The van der Waals surface area contributed by atoms with E-state index in [2.05, 4.69) is 10.5 Å². The summed E-state index contributed by atoms with van der Waals surface area (Å²) in [5.41, 5.74) is 3.24. The molecule has 1 aromatic heterocycles. The molecule has 0 spiro atoms. The van der Waals surface area contributed by atoms with Crippen molar-refractivity contribution in [3.63, 3.8) is 0 Å². The van der Waals surface area contributed by atoms with Gasteiger partial charge in [0.1, 0.15) is 0 Å². The Bertz CT molecular complexity index is 593. The fourth-order valence-corrected chi connectivity index (χ4v) is 2.38. The summed E-state index contributed by atoms with van der Waals surface area (Å²) >= 11 is 2.45. The molecule has 0 radical (unpaired) electrons. The average molecular weight is 294 g/mol. The van der Waals surface area contributed by atoms with Crippen molar-refractivity contribution >= 4 is 35.2 Å². The number of thioether (sulfide) groups is 1. The maximum absolute atomic E-state index is 12.7. The van der Waals surface area contributed by atoms with E-state index >= 15 is 0 Å². The number of carbonyl (C=O) groups is 1. The van der Waals surface area contributed by atoms with Gasteiger partial charge in [0.15, 0.2) is 5.13 Å². The minimum atomic E-state index is -0.411. The number of halogens is 1. The summed E-state index contributed by atoms with van der Waals surface area (Å²) in [5, 5.41) is 3.45. The Hall–Kier alpha value is -1.66. The zero-order valence-electron chi connectivity index (χ0n) is 10.1. The molecule has 0 saturated carbocycles. The zero-order chi connectivity index (χ0) is 13.7. The predicted molar refractivity (Wildman–Crippen MR) is 77.6 cm³/mol. The number of carbonyl (C=O) groups excluding carboxylic acids is 1. The van der Waals surface area contributed by atoms with Crippen molar-refractivity contribution < 1.29 is 9.18 Å². The highest BCUT2D eigenvalue weighted by Gasteiger charge is 2.07. The third-order valence-electron chi connectivity index (χ3n) is 2.29. The Morgan fingerprint density at radius 3 is 2.63 bits per heavy atom. The smallest absolute Gasteiger partial charge is 0.266 e. The number of nitrogens with one attached hydrogen (secondary N) is 1. The number of thiophene rings is 1. The average Bonchev–Trinajstić information content (AvgIpc) is 2.86. The van der Waals surface area contributed by atoms with E-state index in [9.17, 15) is 9.18 Å². The lowest BCUT2D eigenvalue weighted by Crippen LogP contribution is -2.16. The van der Waals surface area contributed by atoms with E-state index in [0.717, 1.165) is 21.8 Å². The molecule has 0 saturated heterocycles. The van der Waals surface area contributed by atoms with Gasteiger partial charge < -0.3 is 0 Å². The summed E-state index contributed by atoms with van der Waals surface area (Å²) in [6, 6.07) is 10.5. The number of amides is 1. The van der Waals surface area contributed by atoms with Crippen LogP contribution in [0.2, 0.25) is 0 Å². The number of benzene rings is 1. The second kappa shape index (κ2) is 6.49. The van der Waals surface area contributed by atoms with Gasteiger partial charge >= 0.3 is 0 Å². The summed E-state index contributed by atoms with van der Waals surface area (Å²) in [6.45, 7) is 0. The molecular weight excluding hydrogens is 283 g/mol. The van der Waals surface area contributed by atoms with E-state index < -0.39 is 5.91 Å². The van der Waals surface area contributed by atoms with Crippen LogP contribution in [-0.2, 0) is 0 Å². The minimum Gasteiger partial charge on any atom is -0.266 e. The SMILES string of the molecule is CSc1ccc(C=NNC(=O)c2ccc(F)s2)cc1. The maximum Gasteiger partial charge on any atom is 0.281 e. The Morgan fingerprint density at radius 1 is 1.32 bits per heavy atom. The number of nitrogens with zero attached hydrogens (tertiary/aromatic N) is 1. The van der Waals surface area contributed by atoms with Crippen LogP contribution >= 0.6 is 23.1 Å². The van der Waals surface area contributed by atoms with Crippen LogP contribution in [0.5, 0.6) is 0 Å². The first-order chi connectivity index (χ1) is 9.19. The van der Waals surface area contributed by atoms with Gasteiger partial charge in [0.2, 0.25) is 0 Å². The van der Waals surface area contributed by atoms with Gasteiger partial charge in [0.25, 0.3) is 5.91 Å². The van der Waals surface area contributed by atoms with E-state index in [0.29, 0.717) is 4.88 Å². The van der Waals surface area contributed by atoms with Crippen molar-refractivity contribution in [3.8, 4) is 0 Å². The largest absolute Gasteiger partial charge is 0.281 e. The van der Waals surface area contributed by atoms with Crippen LogP contribution in [0.4, 0.5) is 4.39 Å². The summed E-state index contributed by atoms with van der Waals surface area (Å²) in [6.07, 6.45) is 3.55. The van der Waals surface area contributed by atoms with Crippen LogP contribution < -0.4 is 5.43 Å². The highest BCUT2D eigenvalue weighted by atomic mass is 32.2. The molecule has 1 heterocycles. The summed E-state index contributed by atoms with van der Waals surface area (Å²) in [7, 11) is 0. The number of rotatable bonds is 4. The first kappa shape index (κ1) is 13.8. The van der Waals surface area contributed by atoms with Crippen LogP contribution in [-0.4, -0.2) is 18.4 Å². The van der Waals surface area contributed by atoms with Gasteiger partial charge in [-0.25, -0.2) is 5.43 Å². The third kappa shape index (κ3) is 3.90. The van der Waals surface area contributed by atoms with Gasteiger partial charge in [0, 0.05) is 4.90 Å². The molecule has 6 heteroatoms. The Kier molecular flexibility index (Phi) is 4.70. The fourth-order valence-electron chi connectivity index (χ4n) is 1.35. The lowest BCUT2D eigenvalue weighted by molar-refractivity contribution is 0.0959. The molecule has 2 rings (SSSR count). The van der Waals surface area contributed by atoms with Gasteiger partial charge in [-0.15, -0.1) is 23.1 Å². The second-order valence-corrected chi connectivity index (χ2v) is 5.49. The fraction of sp³-hybridized carbons (Fsp3) is 0.0769. The van der Waals surface area contributed by atoms with Crippen molar-refractivity contribution in [2.24, 2.45) is 5.10 Å². The summed E-state index contributed by atoms with van der Waals surface area (Å²) in [5.74, 6) is -0.411. The van der Waals surface area contributed by atoms with Crippen molar-refractivity contribution in [1.82, 2.24) is 5.43 Å². The molecule has 1 N–H and O–H groups in total. The van der Waals surface area contributed by atoms with E-state index in [4.69, 9.17) is 0 Å². The second-order valence-electron chi connectivity index (χ2n) is 3.58. The van der Waals surface area contributed by atoms with Gasteiger partial charge in [0.05, 0.1) is 11.1 Å². The van der Waals surface area contributed by atoms with Crippen molar-refractivity contribution in [2.75, 3.05) is 6.26 Å². The summed E-state index contributed by atoms with van der Waals surface area (Å²) in [4.78, 5) is 13.0. The van der Waals surface area contributed by atoms with Crippen molar-refractivity contribution in [3.05, 3.63) is 52.0 Å². The van der Waals surface area contributed by atoms with Crippen LogP contribution in [0.1, 0.15) is 15.2 Å². The summed E-state index contributed by atoms with van der Waals surface area (Å²) < 4.78 is 12.7. The normalized spacial score (nSPS) is 10.8. The van der Waals surface area contributed by atoms with E-state index in [-0.39, 0.29) is 5.13 Å². The first-order valence-corrected chi connectivity index (χ1v) is 7.46. The molecule has 98 valence electrons. The van der Waals surface area contributed by atoms with Gasteiger partial charge in [-0.2, -0.15) is 9.49 Å². The lowest BCUT2D eigenvalue weighted by atomic mass is 10.2. The van der Waals surface area contributed by atoms with Crippen LogP contribution in [0.15, 0.2) is 46.4 Å². The molecule has 19 heavy (non-hydrogen) atoms. The molecule has 0 aliphatic rings.